The van der Waals surface area contributed by atoms with E-state index in [0.717, 1.165) is 12.8 Å². The highest BCUT2D eigenvalue weighted by Gasteiger charge is 2.45. The average Bonchev–Trinajstić information content (AvgIpc) is 2.62. The Labute approximate surface area is 110 Å². The number of hydrogen-bond acceptors (Lipinski definition) is 1. The molecule has 1 aromatic carbocycles. The maximum atomic E-state index is 15.0. The van der Waals surface area contributed by atoms with Crippen LogP contribution in [0.3, 0.4) is 0 Å². The van der Waals surface area contributed by atoms with E-state index in [1.165, 1.54) is 0 Å². The molecular formula is C13H14Cl2FN. The van der Waals surface area contributed by atoms with E-state index in [2.05, 4.69) is 5.32 Å². The lowest BCUT2D eigenvalue weighted by Gasteiger charge is -2.35. The summed E-state index contributed by atoms with van der Waals surface area (Å²) in [7, 11) is 0. The van der Waals surface area contributed by atoms with Gasteiger partial charge in [-0.2, -0.15) is 0 Å². The van der Waals surface area contributed by atoms with E-state index < -0.39 is 5.67 Å². The van der Waals surface area contributed by atoms with Crippen molar-refractivity contribution in [2.24, 2.45) is 0 Å². The predicted molar refractivity (Wildman–Crippen MR) is 68.4 cm³/mol. The van der Waals surface area contributed by atoms with Gasteiger partial charge in [0.05, 0.1) is 10.0 Å². The highest BCUT2D eigenvalue weighted by Crippen LogP contribution is 2.44. The molecule has 0 aromatic heterocycles. The summed E-state index contributed by atoms with van der Waals surface area (Å²) in [5.41, 5.74) is -0.573. The lowest BCUT2D eigenvalue weighted by atomic mass is 9.83. The number of halogens is 3. The van der Waals surface area contributed by atoms with Gasteiger partial charge in [-0.1, -0.05) is 29.3 Å². The fraction of sp³-hybridized carbons (Fsp3) is 0.538. The topological polar surface area (TPSA) is 12.0 Å². The number of piperidine rings is 1. The van der Waals surface area contributed by atoms with Gasteiger partial charge in [0.25, 0.3) is 0 Å². The van der Waals surface area contributed by atoms with Crippen LogP contribution in [0.2, 0.25) is 10.0 Å². The molecule has 0 saturated carbocycles. The zero-order valence-electron chi connectivity index (χ0n) is 9.35. The highest BCUT2D eigenvalue weighted by molar-refractivity contribution is 6.42. The standard InChI is InChI=1S/C13H14Cl2FN/c14-11-4-1-8(5-12(11)15)13(16)6-9-2-3-10(7-13)17-9/h1,4-5,9-10,17H,2-3,6-7H2. The van der Waals surface area contributed by atoms with Gasteiger partial charge >= 0.3 is 0 Å². The van der Waals surface area contributed by atoms with Gasteiger partial charge < -0.3 is 5.32 Å². The Morgan fingerprint density at radius 3 is 2.35 bits per heavy atom. The molecule has 0 radical (unpaired) electrons. The van der Waals surface area contributed by atoms with E-state index in [1.54, 1.807) is 18.2 Å². The second-order valence-corrected chi connectivity index (χ2v) is 5.95. The summed E-state index contributed by atoms with van der Waals surface area (Å²) in [5.74, 6) is 0. The van der Waals surface area contributed by atoms with E-state index in [4.69, 9.17) is 23.2 Å². The van der Waals surface area contributed by atoms with Crippen LogP contribution in [-0.2, 0) is 5.67 Å². The number of hydrogen-bond donors (Lipinski definition) is 1. The van der Waals surface area contributed by atoms with Crippen LogP contribution < -0.4 is 5.32 Å². The van der Waals surface area contributed by atoms with Crippen LogP contribution >= 0.6 is 23.2 Å². The molecule has 1 nitrogen and oxygen atoms in total. The summed E-state index contributed by atoms with van der Waals surface area (Å²) in [6.07, 6.45) is 3.25. The minimum Gasteiger partial charge on any atom is -0.311 e. The smallest absolute Gasteiger partial charge is 0.139 e. The number of alkyl halides is 1. The summed E-state index contributed by atoms with van der Waals surface area (Å²) in [5, 5.41) is 4.36. The van der Waals surface area contributed by atoms with Gasteiger partial charge in [0.15, 0.2) is 0 Å². The monoisotopic (exact) mass is 273 g/mol. The SMILES string of the molecule is FC1(c2ccc(Cl)c(Cl)c2)CC2CCC(C1)N2. The van der Waals surface area contributed by atoms with Gasteiger partial charge in [-0.25, -0.2) is 4.39 Å². The normalized spacial score (nSPS) is 36.2. The van der Waals surface area contributed by atoms with Crippen LogP contribution in [0.5, 0.6) is 0 Å². The van der Waals surface area contributed by atoms with Crippen molar-refractivity contribution < 1.29 is 4.39 Å². The fourth-order valence-electron chi connectivity index (χ4n) is 3.10. The van der Waals surface area contributed by atoms with Gasteiger partial charge in [0.1, 0.15) is 5.67 Å². The molecule has 2 saturated heterocycles. The number of rotatable bonds is 1. The summed E-state index contributed by atoms with van der Waals surface area (Å²) in [6, 6.07) is 5.75. The van der Waals surface area contributed by atoms with Crippen molar-refractivity contribution in [2.75, 3.05) is 0 Å². The Morgan fingerprint density at radius 2 is 1.76 bits per heavy atom. The first-order chi connectivity index (χ1) is 8.07. The minimum atomic E-state index is -1.24. The third-order valence-electron chi connectivity index (χ3n) is 3.91. The number of nitrogens with one attached hydrogen (secondary N) is 1. The van der Waals surface area contributed by atoms with Crippen molar-refractivity contribution in [3.8, 4) is 0 Å². The molecule has 2 aliphatic rings. The Balaban J connectivity index is 1.94. The van der Waals surface area contributed by atoms with Crippen LogP contribution in [0.4, 0.5) is 4.39 Å². The fourth-order valence-corrected chi connectivity index (χ4v) is 3.40. The molecule has 92 valence electrons. The van der Waals surface area contributed by atoms with Crippen molar-refractivity contribution in [1.82, 2.24) is 5.32 Å². The molecule has 0 amide bonds. The van der Waals surface area contributed by atoms with Gasteiger partial charge in [0, 0.05) is 24.9 Å². The first kappa shape index (κ1) is 11.8. The molecule has 0 spiro atoms. The minimum absolute atomic E-state index is 0.313. The second-order valence-electron chi connectivity index (χ2n) is 5.14. The van der Waals surface area contributed by atoms with Crippen LogP contribution in [0.15, 0.2) is 18.2 Å². The zero-order valence-corrected chi connectivity index (χ0v) is 10.9. The molecule has 2 aliphatic heterocycles. The molecule has 3 rings (SSSR count). The van der Waals surface area contributed by atoms with Crippen LogP contribution in [0.1, 0.15) is 31.2 Å². The second kappa shape index (κ2) is 4.11. The lowest BCUT2D eigenvalue weighted by Crippen LogP contribution is -2.44. The quantitative estimate of drug-likeness (QED) is 0.813. The van der Waals surface area contributed by atoms with Crippen molar-refractivity contribution in [2.45, 2.75) is 43.4 Å². The van der Waals surface area contributed by atoms with E-state index in [9.17, 15) is 0 Å². The molecule has 0 aliphatic carbocycles. The average molecular weight is 274 g/mol. The number of benzene rings is 1. The summed E-state index contributed by atoms with van der Waals surface area (Å²) >= 11 is 11.8. The van der Waals surface area contributed by atoms with Crippen LogP contribution in [0.25, 0.3) is 0 Å². The van der Waals surface area contributed by atoms with Gasteiger partial charge in [-0.15, -0.1) is 0 Å². The van der Waals surface area contributed by atoms with E-state index in [-0.39, 0.29) is 0 Å². The highest BCUT2D eigenvalue weighted by atomic mass is 35.5. The van der Waals surface area contributed by atoms with Crippen LogP contribution in [0, 0.1) is 0 Å². The predicted octanol–water partition coefficient (Wildman–Crippen LogP) is 4.07. The zero-order chi connectivity index (χ0) is 12.0. The molecule has 1 N–H and O–H groups in total. The van der Waals surface area contributed by atoms with Crippen LogP contribution in [-0.4, -0.2) is 12.1 Å². The molecule has 4 heteroatoms. The third kappa shape index (κ3) is 2.07. The molecular weight excluding hydrogens is 260 g/mol. The first-order valence-corrected chi connectivity index (χ1v) is 6.73. The molecule has 2 bridgehead atoms. The van der Waals surface area contributed by atoms with Crippen molar-refractivity contribution in [1.29, 1.82) is 0 Å². The summed E-state index contributed by atoms with van der Waals surface area (Å²) in [4.78, 5) is 0. The van der Waals surface area contributed by atoms with E-state index in [0.29, 0.717) is 40.5 Å². The van der Waals surface area contributed by atoms with Gasteiger partial charge in [-0.3, -0.25) is 0 Å². The Bertz CT molecular complexity index is 437. The van der Waals surface area contributed by atoms with Crippen molar-refractivity contribution in [3.05, 3.63) is 33.8 Å². The van der Waals surface area contributed by atoms with Gasteiger partial charge in [-0.05, 0) is 30.5 Å². The largest absolute Gasteiger partial charge is 0.311 e. The third-order valence-corrected chi connectivity index (χ3v) is 4.65. The van der Waals surface area contributed by atoms with E-state index >= 15 is 4.39 Å². The Kier molecular flexibility index (Phi) is 2.85. The first-order valence-electron chi connectivity index (χ1n) is 5.97. The molecule has 2 fully saturated rings. The van der Waals surface area contributed by atoms with Gasteiger partial charge in [0.2, 0.25) is 0 Å². The Hall–Kier alpha value is -0.310. The molecule has 2 heterocycles. The lowest BCUT2D eigenvalue weighted by molar-refractivity contribution is 0.0874. The van der Waals surface area contributed by atoms with E-state index in [1.807, 2.05) is 0 Å². The van der Waals surface area contributed by atoms with Crippen molar-refractivity contribution >= 4 is 23.2 Å². The molecule has 17 heavy (non-hydrogen) atoms. The van der Waals surface area contributed by atoms with Crippen molar-refractivity contribution in [3.63, 3.8) is 0 Å². The molecule has 1 aromatic rings. The maximum Gasteiger partial charge on any atom is 0.139 e. The number of fused-ring (bicyclic) bond motifs is 2. The maximum absolute atomic E-state index is 15.0. The molecule has 2 unspecified atom stereocenters. The summed E-state index contributed by atoms with van der Waals surface area (Å²) < 4.78 is 15.0. The Morgan fingerprint density at radius 1 is 1.12 bits per heavy atom. The molecule has 2 atom stereocenters. The summed E-state index contributed by atoms with van der Waals surface area (Å²) in [6.45, 7) is 0.